The van der Waals surface area contributed by atoms with Crippen LogP contribution >= 0.6 is 0 Å². The van der Waals surface area contributed by atoms with Crippen LogP contribution in [-0.2, 0) is 0 Å². The summed E-state index contributed by atoms with van der Waals surface area (Å²) in [7, 11) is 0. The molecule has 0 N–H and O–H groups in total. The highest BCUT2D eigenvalue weighted by molar-refractivity contribution is 5.90. The fourth-order valence-corrected chi connectivity index (χ4v) is 4.92. The van der Waals surface area contributed by atoms with Crippen LogP contribution in [0.3, 0.4) is 0 Å². The average molecular weight is 508 g/mol. The van der Waals surface area contributed by atoms with E-state index in [1.54, 1.807) is 0 Å². The van der Waals surface area contributed by atoms with Crippen LogP contribution in [0.25, 0.3) is 63.1 Å². The summed E-state index contributed by atoms with van der Waals surface area (Å²) >= 11 is 0. The maximum Gasteiger partial charge on any atom is 0.168 e. The van der Waals surface area contributed by atoms with Crippen molar-refractivity contribution in [2.24, 2.45) is 0 Å². The van der Waals surface area contributed by atoms with Crippen molar-refractivity contribution in [3.63, 3.8) is 0 Å². The average Bonchev–Trinajstić information content (AvgIpc) is 3.43. The summed E-state index contributed by atoms with van der Waals surface area (Å²) in [6.07, 6.45) is 6.60. The van der Waals surface area contributed by atoms with E-state index in [2.05, 4.69) is 40.9 Å². The lowest BCUT2D eigenvalue weighted by atomic mass is 10.0. The van der Waals surface area contributed by atoms with E-state index in [-0.39, 0.29) is 0 Å². The predicted molar refractivity (Wildman–Crippen MR) is 159 cm³/mol. The predicted octanol–water partition coefficient (Wildman–Crippen LogP) is 6.57. The van der Waals surface area contributed by atoms with Gasteiger partial charge in [-0.25, -0.2) is 19.5 Å². The second kappa shape index (κ2) is 10.8. The lowest BCUT2D eigenvalue weighted by Gasteiger charge is -2.09. The van der Waals surface area contributed by atoms with Crippen molar-refractivity contribution in [1.29, 1.82) is 0 Å². The quantitative estimate of drug-likeness (QED) is 0.271. The van der Waals surface area contributed by atoms with Crippen LogP contribution in [0, 0.1) is 0 Å². The van der Waals surface area contributed by atoms with Crippen LogP contribution in [-0.4, -0.2) is 24.6 Å². The largest absolute Gasteiger partial charge is 0.232 e. The Morgan fingerprint density at radius 2 is 1.05 bits per heavy atom. The molecule has 0 radical (unpaired) electrons. The van der Waals surface area contributed by atoms with Crippen molar-refractivity contribution >= 4 is 17.7 Å². The Morgan fingerprint density at radius 1 is 0.538 bits per heavy atom. The highest BCUT2D eigenvalue weighted by atomic mass is 15.2. The van der Waals surface area contributed by atoms with Gasteiger partial charge in [0, 0.05) is 16.7 Å². The van der Waals surface area contributed by atoms with Gasteiger partial charge in [0.2, 0.25) is 0 Å². The van der Waals surface area contributed by atoms with Crippen LogP contribution in [0.1, 0.15) is 26.7 Å². The number of rotatable bonds is 4. The topological polar surface area (TPSA) is 56.0 Å². The zero-order chi connectivity index (χ0) is 26.6. The van der Waals surface area contributed by atoms with E-state index in [9.17, 15) is 0 Å². The third kappa shape index (κ3) is 4.64. The number of aromatic nitrogens is 5. The molecule has 3 heterocycles. The maximum atomic E-state index is 5.14. The van der Waals surface area contributed by atoms with Gasteiger partial charge in [-0.1, -0.05) is 123 Å². The fraction of sp³-hybridized carbons (Fsp3) is 0.118. The molecule has 0 saturated carbocycles. The Balaban J connectivity index is 0.00000135. The first kappa shape index (κ1) is 24.4. The second-order valence-corrected chi connectivity index (χ2v) is 9.08. The van der Waals surface area contributed by atoms with Crippen molar-refractivity contribution in [3.05, 3.63) is 114 Å². The molecule has 0 spiro atoms. The SMILES string of the molecule is C1=c2ccc3c(-c4nc(-c5ccccc5)nc(-c5ccccc5)n4)c(-c4ccccc4)nn3c2=CCC1.CC. The first-order valence-electron chi connectivity index (χ1n) is 13.5. The number of fused-ring (bicyclic) bond motifs is 3. The Kier molecular flexibility index (Phi) is 6.79. The second-order valence-electron chi connectivity index (χ2n) is 9.08. The van der Waals surface area contributed by atoms with E-state index >= 15 is 0 Å². The molecule has 0 atom stereocenters. The molecule has 0 bridgehead atoms. The van der Waals surface area contributed by atoms with Crippen LogP contribution in [0.15, 0.2) is 103 Å². The molecule has 3 aromatic heterocycles. The van der Waals surface area contributed by atoms with Gasteiger partial charge < -0.3 is 0 Å². The van der Waals surface area contributed by atoms with Crippen LogP contribution in [0.5, 0.6) is 0 Å². The summed E-state index contributed by atoms with van der Waals surface area (Å²) in [4.78, 5) is 14.9. The molecule has 0 saturated heterocycles. The Labute approximate surface area is 227 Å². The highest BCUT2D eigenvalue weighted by Gasteiger charge is 2.22. The standard InChI is InChI=1S/C32H23N5.C2H6/c1-4-13-23(14-5-1)29-28(27-21-20-22-12-10-11-19-26(22)37(27)36-29)32-34-30(24-15-6-2-7-16-24)33-31(35-32)25-17-8-3-9-18-25;1-2/h1-9,12-21H,10-11H2;1-2H3. The van der Waals surface area contributed by atoms with E-state index in [0.29, 0.717) is 17.5 Å². The van der Waals surface area contributed by atoms with Gasteiger partial charge in [0.1, 0.15) is 5.69 Å². The first-order valence-corrected chi connectivity index (χ1v) is 13.5. The molecular weight excluding hydrogens is 478 g/mol. The van der Waals surface area contributed by atoms with Crippen molar-refractivity contribution < 1.29 is 0 Å². The molecule has 0 fully saturated rings. The zero-order valence-electron chi connectivity index (χ0n) is 22.1. The molecule has 7 rings (SSSR count). The van der Waals surface area contributed by atoms with E-state index in [0.717, 1.165) is 51.7 Å². The van der Waals surface area contributed by atoms with Crippen molar-refractivity contribution in [2.75, 3.05) is 0 Å². The molecule has 0 unspecified atom stereocenters. The summed E-state index contributed by atoms with van der Waals surface area (Å²) in [5.74, 6) is 1.89. The lowest BCUT2D eigenvalue weighted by Crippen LogP contribution is -2.33. The van der Waals surface area contributed by atoms with Crippen LogP contribution in [0.4, 0.5) is 0 Å². The maximum absolute atomic E-state index is 5.14. The molecular formula is C34H29N5. The van der Waals surface area contributed by atoms with Crippen molar-refractivity contribution in [2.45, 2.75) is 26.7 Å². The van der Waals surface area contributed by atoms with Gasteiger partial charge in [-0.3, -0.25) is 0 Å². The molecule has 1 aliphatic carbocycles. The minimum absolute atomic E-state index is 0.612. The number of nitrogens with zero attached hydrogens (tertiary/aromatic N) is 5. The molecule has 5 heteroatoms. The lowest BCUT2D eigenvalue weighted by molar-refractivity contribution is 0.904. The fourth-order valence-electron chi connectivity index (χ4n) is 4.92. The molecule has 0 amide bonds. The van der Waals surface area contributed by atoms with Gasteiger partial charge in [0.25, 0.3) is 0 Å². The van der Waals surface area contributed by atoms with E-state index in [1.165, 1.54) is 5.22 Å². The van der Waals surface area contributed by atoms with Crippen molar-refractivity contribution in [1.82, 2.24) is 24.6 Å². The van der Waals surface area contributed by atoms with Gasteiger partial charge in [-0.2, -0.15) is 5.10 Å². The van der Waals surface area contributed by atoms with Crippen LogP contribution < -0.4 is 10.6 Å². The molecule has 190 valence electrons. The summed E-state index contributed by atoms with van der Waals surface area (Å²) in [6.45, 7) is 4.00. The zero-order valence-corrected chi connectivity index (χ0v) is 22.1. The number of benzene rings is 3. The third-order valence-electron chi connectivity index (χ3n) is 6.70. The minimum atomic E-state index is 0.612. The molecule has 3 aromatic carbocycles. The smallest absolute Gasteiger partial charge is 0.168 e. The number of hydrogen-bond donors (Lipinski definition) is 0. The molecule has 5 nitrogen and oxygen atoms in total. The first-order chi connectivity index (χ1) is 19.3. The normalized spacial score (nSPS) is 12.1. The van der Waals surface area contributed by atoms with Gasteiger partial charge >= 0.3 is 0 Å². The molecule has 6 aromatic rings. The third-order valence-corrected chi connectivity index (χ3v) is 6.70. The summed E-state index contributed by atoms with van der Waals surface area (Å²) in [6, 6.07) is 34.7. The molecule has 1 aliphatic rings. The summed E-state index contributed by atoms with van der Waals surface area (Å²) in [5.41, 5.74) is 5.66. The Hall–Kier alpha value is -4.90. The summed E-state index contributed by atoms with van der Waals surface area (Å²) in [5, 5.41) is 7.47. The number of hydrogen-bond acceptors (Lipinski definition) is 4. The number of pyridine rings is 1. The summed E-state index contributed by atoms with van der Waals surface area (Å²) < 4.78 is 2.05. The van der Waals surface area contributed by atoms with E-state index in [4.69, 9.17) is 20.1 Å². The van der Waals surface area contributed by atoms with E-state index in [1.807, 2.05) is 92.7 Å². The molecule has 0 aliphatic heterocycles. The monoisotopic (exact) mass is 507 g/mol. The van der Waals surface area contributed by atoms with Crippen molar-refractivity contribution in [3.8, 4) is 45.4 Å². The minimum Gasteiger partial charge on any atom is -0.232 e. The highest BCUT2D eigenvalue weighted by Crippen LogP contribution is 2.34. The van der Waals surface area contributed by atoms with Gasteiger partial charge in [0.15, 0.2) is 17.5 Å². The Morgan fingerprint density at radius 3 is 1.64 bits per heavy atom. The molecule has 39 heavy (non-hydrogen) atoms. The van der Waals surface area contributed by atoms with Crippen LogP contribution in [0.2, 0.25) is 0 Å². The van der Waals surface area contributed by atoms with Gasteiger partial charge in [0.05, 0.1) is 16.4 Å². The Bertz CT molecular complexity index is 1800. The van der Waals surface area contributed by atoms with E-state index < -0.39 is 0 Å². The van der Waals surface area contributed by atoms with Gasteiger partial charge in [-0.05, 0) is 24.1 Å². The van der Waals surface area contributed by atoms with Gasteiger partial charge in [-0.15, -0.1) is 0 Å².